The van der Waals surface area contributed by atoms with Gasteiger partial charge in [0.05, 0.1) is 0 Å². The summed E-state index contributed by atoms with van der Waals surface area (Å²) in [5.74, 6) is 0.821. The molecule has 1 heterocycles. The highest BCUT2D eigenvalue weighted by atomic mass is 32.2. The minimum atomic E-state index is -0.176. The number of thioether (sulfide) groups is 1. The van der Waals surface area contributed by atoms with E-state index in [4.69, 9.17) is 0 Å². The predicted octanol–water partition coefficient (Wildman–Crippen LogP) is 3.77. The molecule has 0 fully saturated rings. The van der Waals surface area contributed by atoms with E-state index in [0.29, 0.717) is 0 Å². The van der Waals surface area contributed by atoms with Gasteiger partial charge >= 0.3 is 0 Å². The lowest BCUT2D eigenvalue weighted by atomic mass is 10.4. The molecule has 0 spiro atoms. The summed E-state index contributed by atoms with van der Waals surface area (Å²) in [6.07, 6.45) is 0. The maximum atomic E-state index is 12.7. The number of benzene rings is 1. The molecule has 0 amide bonds. The van der Waals surface area contributed by atoms with Crippen molar-refractivity contribution in [3.8, 4) is 0 Å². The Labute approximate surface area is 109 Å². The van der Waals surface area contributed by atoms with Crippen molar-refractivity contribution in [3.63, 3.8) is 0 Å². The summed E-state index contributed by atoms with van der Waals surface area (Å²) in [5, 5.41) is 5.47. The molecule has 2 rings (SSSR count). The fourth-order valence-corrected chi connectivity index (χ4v) is 2.88. The molecule has 0 aliphatic rings. The normalized spacial score (nSPS) is 10.6. The van der Waals surface area contributed by atoms with Gasteiger partial charge in [-0.1, -0.05) is 6.07 Å². The van der Waals surface area contributed by atoms with Gasteiger partial charge in [0.25, 0.3) is 0 Å². The van der Waals surface area contributed by atoms with Gasteiger partial charge in [-0.25, -0.2) is 4.39 Å². The molecule has 4 heteroatoms. The van der Waals surface area contributed by atoms with Crippen LogP contribution in [-0.4, -0.2) is 12.3 Å². The number of hydrogen-bond donors (Lipinski definition) is 1. The number of nitrogens with one attached hydrogen (secondary N) is 1. The Balaban J connectivity index is 1.61. The van der Waals surface area contributed by atoms with Crippen LogP contribution in [0, 0.1) is 5.82 Å². The summed E-state index contributed by atoms with van der Waals surface area (Å²) >= 11 is 3.51. The van der Waals surface area contributed by atoms with Crippen molar-refractivity contribution in [2.45, 2.75) is 11.4 Å². The second kappa shape index (κ2) is 6.79. The number of thiophene rings is 1. The van der Waals surface area contributed by atoms with E-state index in [0.717, 1.165) is 23.7 Å². The molecule has 90 valence electrons. The number of hydrogen-bond acceptors (Lipinski definition) is 3. The van der Waals surface area contributed by atoms with Gasteiger partial charge in [0, 0.05) is 28.6 Å². The molecular formula is C13H14FNS2. The zero-order valence-corrected chi connectivity index (χ0v) is 11.0. The van der Waals surface area contributed by atoms with E-state index in [1.54, 1.807) is 23.1 Å². The van der Waals surface area contributed by atoms with Crippen molar-refractivity contribution in [1.82, 2.24) is 5.32 Å². The molecule has 0 aliphatic heterocycles. The average molecular weight is 267 g/mol. The molecule has 0 saturated heterocycles. The number of halogens is 1. The van der Waals surface area contributed by atoms with Crippen LogP contribution < -0.4 is 5.32 Å². The fourth-order valence-electron chi connectivity index (χ4n) is 1.40. The third-order valence-electron chi connectivity index (χ3n) is 2.24. The van der Waals surface area contributed by atoms with Crippen LogP contribution in [0.2, 0.25) is 0 Å². The lowest BCUT2D eigenvalue weighted by molar-refractivity contribution is 0.626. The van der Waals surface area contributed by atoms with Crippen LogP contribution in [0.1, 0.15) is 4.88 Å². The molecule has 2 aromatic rings. The minimum absolute atomic E-state index is 0.176. The lowest BCUT2D eigenvalue weighted by Gasteiger charge is -2.03. The largest absolute Gasteiger partial charge is 0.311 e. The molecule has 1 N–H and O–H groups in total. The maximum Gasteiger partial charge on any atom is 0.123 e. The number of rotatable bonds is 6. The lowest BCUT2D eigenvalue weighted by Crippen LogP contribution is -2.15. The van der Waals surface area contributed by atoms with Crippen molar-refractivity contribution >= 4 is 23.1 Å². The molecule has 0 radical (unpaired) electrons. The molecule has 0 atom stereocenters. The van der Waals surface area contributed by atoms with E-state index >= 15 is 0 Å². The van der Waals surface area contributed by atoms with Gasteiger partial charge in [-0.3, -0.25) is 0 Å². The summed E-state index contributed by atoms with van der Waals surface area (Å²) in [7, 11) is 0. The fraction of sp³-hybridized carbons (Fsp3) is 0.231. The third-order valence-corrected chi connectivity index (χ3v) is 4.13. The molecule has 0 saturated carbocycles. The van der Waals surface area contributed by atoms with Gasteiger partial charge in [-0.05, 0) is 35.7 Å². The second-order valence-corrected chi connectivity index (χ2v) is 5.76. The first-order chi connectivity index (χ1) is 8.34. The van der Waals surface area contributed by atoms with Gasteiger partial charge in [0.1, 0.15) is 5.82 Å². The Hall–Kier alpha value is -0.840. The summed E-state index contributed by atoms with van der Waals surface area (Å²) in [4.78, 5) is 2.47. The highest BCUT2D eigenvalue weighted by Gasteiger charge is 1.96. The second-order valence-electron chi connectivity index (χ2n) is 3.56. The van der Waals surface area contributed by atoms with Gasteiger partial charge in [0.15, 0.2) is 0 Å². The van der Waals surface area contributed by atoms with E-state index in [2.05, 4.69) is 22.8 Å². The quantitative estimate of drug-likeness (QED) is 0.631. The average Bonchev–Trinajstić information content (AvgIpc) is 2.84. The van der Waals surface area contributed by atoms with Crippen LogP contribution in [0.15, 0.2) is 46.7 Å². The molecular weight excluding hydrogens is 253 g/mol. The van der Waals surface area contributed by atoms with Crippen LogP contribution >= 0.6 is 23.1 Å². The molecule has 17 heavy (non-hydrogen) atoms. The highest BCUT2D eigenvalue weighted by molar-refractivity contribution is 7.99. The topological polar surface area (TPSA) is 12.0 Å². The molecule has 0 bridgehead atoms. The van der Waals surface area contributed by atoms with Crippen LogP contribution in [0.4, 0.5) is 4.39 Å². The van der Waals surface area contributed by atoms with Crippen molar-refractivity contribution in [2.24, 2.45) is 0 Å². The Morgan fingerprint density at radius 1 is 1.18 bits per heavy atom. The SMILES string of the molecule is Fc1ccc(SCCNCc2cccs2)cc1. The summed E-state index contributed by atoms with van der Waals surface area (Å²) in [5.41, 5.74) is 0. The standard InChI is InChI=1S/C13H14FNS2/c14-11-3-5-12(6-4-11)17-9-7-15-10-13-2-1-8-16-13/h1-6,8,15H,7,9-10H2. The molecule has 1 aromatic heterocycles. The van der Waals surface area contributed by atoms with Gasteiger partial charge in [0.2, 0.25) is 0 Å². The smallest absolute Gasteiger partial charge is 0.123 e. The maximum absolute atomic E-state index is 12.7. The van der Waals surface area contributed by atoms with Crippen molar-refractivity contribution < 1.29 is 4.39 Å². The van der Waals surface area contributed by atoms with Crippen molar-refractivity contribution in [1.29, 1.82) is 0 Å². The Bertz CT molecular complexity index is 425. The van der Waals surface area contributed by atoms with Crippen LogP contribution in [-0.2, 0) is 6.54 Å². The van der Waals surface area contributed by atoms with E-state index in [-0.39, 0.29) is 5.82 Å². The summed E-state index contributed by atoms with van der Waals surface area (Å²) < 4.78 is 12.7. The molecule has 0 aliphatic carbocycles. The Morgan fingerprint density at radius 3 is 2.71 bits per heavy atom. The van der Waals surface area contributed by atoms with Gasteiger partial charge in [-0.15, -0.1) is 23.1 Å². The van der Waals surface area contributed by atoms with E-state index in [9.17, 15) is 4.39 Å². The van der Waals surface area contributed by atoms with E-state index in [1.807, 2.05) is 12.1 Å². The van der Waals surface area contributed by atoms with Gasteiger partial charge < -0.3 is 5.32 Å². The van der Waals surface area contributed by atoms with Crippen molar-refractivity contribution in [2.75, 3.05) is 12.3 Å². The Morgan fingerprint density at radius 2 is 2.00 bits per heavy atom. The molecule has 0 unspecified atom stereocenters. The third kappa shape index (κ3) is 4.50. The van der Waals surface area contributed by atoms with Crippen LogP contribution in [0.5, 0.6) is 0 Å². The summed E-state index contributed by atoms with van der Waals surface area (Å²) in [6, 6.07) is 10.8. The van der Waals surface area contributed by atoms with Crippen LogP contribution in [0.3, 0.4) is 0 Å². The monoisotopic (exact) mass is 267 g/mol. The zero-order chi connectivity index (χ0) is 11.9. The highest BCUT2D eigenvalue weighted by Crippen LogP contribution is 2.17. The zero-order valence-electron chi connectivity index (χ0n) is 9.36. The molecule has 1 nitrogen and oxygen atoms in total. The predicted molar refractivity (Wildman–Crippen MR) is 73.1 cm³/mol. The molecule has 1 aromatic carbocycles. The van der Waals surface area contributed by atoms with E-state index < -0.39 is 0 Å². The van der Waals surface area contributed by atoms with Crippen molar-refractivity contribution in [3.05, 3.63) is 52.5 Å². The minimum Gasteiger partial charge on any atom is -0.311 e. The van der Waals surface area contributed by atoms with Crippen LogP contribution in [0.25, 0.3) is 0 Å². The first kappa shape index (κ1) is 12.6. The van der Waals surface area contributed by atoms with E-state index in [1.165, 1.54) is 17.0 Å². The first-order valence-electron chi connectivity index (χ1n) is 5.46. The Kier molecular flexibility index (Phi) is 5.04. The first-order valence-corrected chi connectivity index (χ1v) is 7.32. The van der Waals surface area contributed by atoms with Gasteiger partial charge in [-0.2, -0.15) is 0 Å². The summed E-state index contributed by atoms with van der Waals surface area (Å²) in [6.45, 7) is 1.89.